The summed E-state index contributed by atoms with van der Waals surface area (Å²) in [7, 11) is 3.71. The summed E-state index contributed by atoms with van der Waals surface area (Å²) in [6.45, 7) is 4.79. The fourth-order valence-corrected chi connectivity index (χ4v) is 1.52. The monoisotopic (exact) mass is 209 g/mol. The third kappa shape index (κ3) is 2.83. The van der Waals surface area contributed by atoms with E-state index in [-0.39, 0.29) is 0 Å². The molecular weight excluding hydrogens is 190 g/mol. The van der Waals surface area contributed by atoms with Gasteiger partial charge in [-0.15, -0.1) is 0 Å². The Morgan fingerprint density at radius 3 is 2.80 bits per heavy atom. The van der Waals surface area contributed by atoms with E-state index >= 15 is 0 Å². The lowest BCUT2D eigenvalue weighted by Crippen LogP contribution is -2.33. The molecule has 0 fully saturated rings. The van der Waals surface area contributed by atoms with Crippen molar-refractivity contribution in [3.8, 4) is 0 Å². The molecule has 1 heterocycles. The molecule has 4 heteroatoms. The Labute approximate surface area is 91.1 Å². The number of nitrogens with two attached hydrogens (primary N) is 1. The maximum atomic E-state index is 5.66. The van der Waals surface area contributed by atoms with Gasteiger partial charge >= 0.3 is 0 Å². The number of ether oxygens (including phenoxy) is 1. The number of hydrogen-bond acceptors (Lipinski definition) is 4. The number of aromatic nitrogens is 1. The van der Waals surface area contributed by atoms with Crippen LogP contribution in [-0.2, 0) is 4.74 Å². The fourth-order valence-electron chi connectivity index (χ4n) is 1.52. The zero-order valence-electron chi connectivity index (χ0n) is 9.82. The maximum absolute atomic E-state index is 5.66. The molecule has 1 rings (SSSR count). The first-order valence-electron chi connectivity index (χ1n) is 5.00. The van der Waals surface area contributed by atoms with Crippen LogP contribution in [0.5, 0.6) is 0 Å². The molecule has 0 saturated carbocycles. The molecule has 0 radical (unpaired) electrons. The lowest BCUT2D eigenvalue weighted by molar-refractivity contribution is 0.183. The van der Waals surface area contributed by atoms with Gasteiger partial charge in [-0.1, -0.05) is 0 Å². The van der Waals surface area contributed by atoms with Crippen LogP contribution in [0.25, 0.3) is 0 Å². The number of methoxy groups -OCH3 is 1. The zero-order chi connectivity index (χ0) is 11.4. The second kappa shape index (κ2) is 4.98. The van der Waals surface area contributed by atoms with Crippen molar-refractivity contribution in [2.75, 3.05) is 31.4 Å². The van der Waals surface area contributed by atoms with E-state index in [1.807, 2.05) is 20.0 Å². The summed E-state index contributed by atoms with van der Waals surface area (Å²) in [4.78, 5) is 6.42. The number of likely N-dealkylation sites (N-methyl/N-ethyl adjacent to an activating group) is 1. The molecule has 0 spiro atoms. The van der Waals surface area contributed by atoms with Crippen molar-refractivity contribution in [3.05, 3.63) is 17.8 Å². The summed E-state index contributed by atoms with van der Waals surface area (Å²) >= 11 is 0. The molecule has 1 unspecified atom stereocenters. The molecule has 84 valence electrons. The highest BCUT2D eigenvalue weighted by molar-refractivity contribution is 5.52. The van der Waals surface area contributed by atoms with Crippen LogP contribution >= 0.6 is 0 Å². The Kier molecular flexibility index (Phi) is 3.91. The summed E-state index contributed by atoms with van der Waals surface area (Å²) in [6, 6.07) is 2.23. The second-order valence-corrected chi connectivity index (χ2v) is 3.82. The number of rotatable bonds is 4. The lowest BCUT2D eigenvalue weighted by Gasteiger charge is -2.26. The Balaban J connectivity index is 2.86. The minimum atomic E-state index is 0.296. The highest BCUT2D eigenvalue weighted by Gasteiger charge is 2.12. The number of anilines is 2. The maximum Gasteiger partial charge on any atom is 0.131 e. The van der Waals surface area contributed by atoms with Crippen molar-refractivity contribution >= 4 is 11.5 Å². The summed E-state index contributed by atoms with van der Waals surface area (Å²) in [6.07, 6.45) is 1.68. The van der Waals surface area contributed by atoms with Crippen molar-refractivity contribution in [1.82, 2.24) is 4.98 Å². The highest BCUT2D eigenvalue weighted by atomic mass is 16.5. The van der Waals surface area contributed by atoms with Crippen LogP contribution < -0.4 is 10.6 Å². The summed E-state index contributed by atoms with van der Waals surface area (Å²) in [5.41, 5.74) is 7.44. The van der Waals surface area contributed by atoms with E-state index in [1.165, 1.54) is 0 Å². The molecule has 1 aromatic heterocycles. The van der Waals surface area contributed by atoms with E-state index in [1.54, 1.807) is 13.3 Å². The van der Waals surface area contributed by atoms with Crippen LogP contribution in [0, 0.1) is 6.92 Å². The Morgan fingerprint density at radius 2 is 2.27 bits per heavy atom. The van der Waals surface area contributed by atoms with E-state index < -0.39 is 0 Å². The molecule has 0 aliphatic heterocycles. The van der Waals surface area contributed by atoms with E-state index in [4.69, 9.17) is 10.5 Å². The first-order chi connectivity index (χ1) is 7.06. The molecule has 1 aromatic rings. The number of nitrogens with zero attached hydrogens (tertiary/aromatic N) is 2. The first-order valence-corrected chi connectivity index (χ1v) is 5.00. The second-order valence-electron chi connectivity index (χ2n) is 3.82. The van der Waals surface area contributed by atoms with Gasteiger partial charge in [0.25, 0.3) is 0 Å². The quantitative estimate of drug-likeness (QED) is 0.815. The largest absolute Gasteiger partial charge is 0.397 e. The van der Waals surface area contributed by atoms with Crippen molar-refractivity contribution in [3.63, 3.8) is 0 Å². The van der Waals surface area contributed by atoms with E-state index in [2.05, 4.69) is 16.8 Å². The van der Waals surface area contributed by atoms with E-state index in [0.29, 0.717) is 18.3 Å². The molecule has 0 aromatic carbocycles. The van der Waals surface area contributed by atoms with Gasteiger partial charge in [0.1, 0.15) is 5.82 Å². The van der Waals surface area contributed by atoms with Crippen LogP contribution in [0.4, 0.5) is 11.5 Å². The Hall–Kier alpha value is -1.29. The highest BCUT2D eigenvalue weighted by Crippen LogP contribution is 2.19. The molecule has 2 N–H and O–H groups in total. The van der Waals surface area contributed by atoms with E-state index in [9.17, 15) is 0 Å². The van der Waals surface area contributed by atoms with E-state index in [0.717, 1.165) is 11.4 Å². The third-order valence-electron chi connectivity index (χ3n) is 2.47. The van der Waals surface area contributed by atoms with Gasteiger partial charge in [-0.3, -0.25) is 0 Å². The Bertz CT molecular complexity index is 328. The van der Waals surface area contributed by atoms with Crippen molar-refractivity contribution in [2.45, 2.75) is 19.9 Å². The Morgan fingerprint density at radius 1 is 1.60 bits per heavy atom. The predicted octanol–water partition coefficient (Wildman–Crippen LogP) is 1.44. The standard InChI is InChI=1S/C11H19N3O/c1-8-5-10(12)6-13-11(8)14(3)9(2)7-15-4/h5-6,9H,7,12H2,1-4H3. The molecule has 0 bridgehead atoms. The van der Waals surface area contributed by atoms with Crippen LogP contribution in [0.1, 0.15) is 12.5 Å². The first kappa shape index (κ1) is 11.8. The summed E-state index contributed by atoms with van der Waals surface area (Å²) in [5, 5.41) is 0. The van der Waals surface area contributed by atoms with Gasteiger partial charge in [-0.2, -0.15) is 0 Å². The van der Waals surface area contributed by atoms with Crippen LogP contribution in [0.3, 0.4) is 0 Å². The van der Waals surface area contributed by atoms with Gasteiger partial charge < -0.3 is 15.4 Å². The van der Waals surface area contributed by atoms with Crippen LogP contribution in [0.2, 0.25) is 0 Å². The molecular formula is C11H19N3O. The molecule has 1 atom stereocenters. The number of aryl methyl sites for hydroxylation is 1. The normalized spacial score (nSPS) is 12.5. The minimum Gasteiger partial charge on any atom is -0.397 e. The topological polar surface area (TPSA) is 51.4 Å². The van der Waals surface area contributed by atoms with Crippen molar-refractivity contribution < 1.29 is 4.74 Å². The summed E-state index contributed by atoms with van der Waals surface area (Å²) < 4.78 is 5.12. The number of pyridine rings is 1. The van der Waals surface area contributed by atoms with Gasteiger partial charge in [0, 0.05) is 14.2 Å². The molecule has 0 aliphatic carbocycles. The third-order valence-corrected chi connectivity index (χ3v) is 2.47. The van der Waals surface area contributed by atoms with Gasteiger partial charge in [0.2, 0.25) is 0 Å². The molecule has 4 nitrogen and oxygen atoms in total. The lowest BCUT2D eigenvalue weighted by atomic mass is 10.2. The average molecular weight is 209 g/mol. The fraction of sp³-hybridized carbons (Fsp3) is 0.545. The average Bonchev–Trinajstić information content (AvgIpc) is 2.17. The van der Waals surface area contributed by atoms with Gasteiger partial charge in [0.05, 0.1) is 24.5 Å². The molecule has 15 heavy (non-hydrogen) atoms. The number of hydrogen-bond donors (Lipinski definition) is 1. The van der Waals surface area contributed by atoms with Gasteiger partial charge in [0.15, 0.2) is 0 Å². The number of nitrogen functional groups attached to an aromatic ring is 1. The SMILES string of the molecule is COCC(C)N(C)c1ncc(N)cc1C. The summed E-state index contributed by atoms with van der Waals surface area (Å²) in [5.74, 6) is 0.953. The molecule has 0 saturated heterocycles. The minimum absolute atomic E-state index is 0.296. The molecule has 0 amide bonds. The van der Waals surface area contributed by atoms with Crippen LogP contribution in [0.15, 0.2) is 12.3 Å². The van der Waals surface area contributed by atoms with Crippen LogP contribution in [-0.4, -0.2) is 31.8 Å². The predicted molar refractivity (Wildman–Crippen MR) is 63.1 cm³/mol. The molecule has 0 aliphatic rings. The smallest absolute Gasteiger partial charge is 0.131 e. The zero-order valence-corrected chi connectivity index (χ0v) is 9.82. The van der Waals surface area contributed by atoms with Crippen molar-refractivity contribution in [2.24, 2.45) is 0 Å². The van der Waals surface area contributed by atoms with Crippen molar-refractivity contribution in [1.29, 1.82) is 0 Å². The van der Waals surface area contributed by atoms with Gasteiger partial charge in [-0.05, 0) is 25.5 Å². The van der Waals surface area contributed by atoms with Gasteiger partial charge in [-0.25, -0.2) is 4.98 Å².